The molecule has 0 unspecified atom stereocenters. The molecule has 27 heavy (non-hydrogen) atoms. The molecule has 1 aromatic rings. The second-order valence-electron chi connectivity index (χ2n) is 7.19. The van der Waals surface area contributed by atoms with Gasteiger partial charge < -0.3 is 9.47 Å². The fourth-order valence-electron chi connectivity index (χ4n) is 3.57. The van der Waals surface area contributed by atoms with E-state index in [-0.39, 0.29) is 24.7 Å². The summed E-state index contributed by atoms with van der Waals surface area (Å²) in [6.07, 6.45) is 6.60. The van der Waals surface area contributed by atoms with E-state index in [1.165, 1.54) is 24.3 Å². The Kier molecular flexibility index (Phi) is 8.61. The average molecular weight is 388 g/mol. The van der Waals surface area contributed by atoms with Crippen molar-refractivity contribution in [3.05, 3.63) is 42.0 Å². The van der Waals surface area contributed by atoms with E-state index in [0.717, 1.165) is 38.5 Å². The zero-order valence-corrected chi connectivity index (χ0v) is 15.7. The molecule has 0 atom stereocenters. The first-order valence-electron chi connectivity index (χ1n) is 9.54. The van der Waals surface area contributed by atoms with Crippen LogP contribution in [0.4, 0.5) is 17.6 Å². The summed E-state index contributed by atoms with van der Waals surface area (Å²) in [4.78, 5) is 0. The molecule has 0 aromatic heterocycles. The molecule has 2 rings (SSSR count). The van der Waals surface area contributed by atoms with Crippen molar-refractivity contribution >= 4 is 0 Å². The Bertz CT molecular complexity index is 564. The van der Waals surface area contributed by atoms with Gasteiger partial charge in [-0.2, -0.15) is 17.6 Å². The second-order valence-corrected chi connectivity index (χ2v) is 7.19. The highest BCUT2D eigenvalue weighted by molar-refractivity contribution is 5.26. The maximum absolute atomic E-state index is 14.1. The third-order valence-electron chi connectivity index (χ3n) is 5.07. The predicted octanol–water partition coefficient (Wildman–Crippen LogP) is 6.95. The summed E-state index contributed by atoms with van der Waals surface area (Å²) in [5.74, 6) is 0.618. The number of hydrogen-bond acceptors (Lipinski definition) is 2. The van der Waals surface area contributed by atoms with Crippen molar-refractivity contribution in [1.29, 1.82) is 0 Å². The molecule has 2 nitrogen and oxygen atoms in total. The van der Waals surface area contributed by atoms with Gasteiger partial charge in [0, 0.05) is 6.42 Å². The van der Waals surface area contributed by atoms with Gasteiger partial charge in [0.15, 0.2) is 0 Å². The van der Waals surface area contributed by atoms with Crippen LogP contribution in [0.15, 0.2) is 36.4 Å². The molecule has 0 N–H and O–H groups in total. The fourth-order valence-corrected chi connectivity index (χ4v) is 3.57. The van der Waals surface area contributed by atoms with Crippen LogP contribution in [0.3, 0.4) is 0 Å². The van der Waals surface area contributed by atoms with Crippen LogP contribution in [-0.4, -0.2) is 12.7 Å². The smallest absolute Gasteiger partial charge is 0.387 e. The molecular formula is C21H28F4O2. The molecule has 0 spiro atoms. The summed E-state index contributed by atoms with van der Waals surface area (Å²) in [6.45, 7) is -1.17. The molecule has 0 heterocycles. The molecule has 6 heteroatoms. The minimum atomic E-state index is -3.18. The van der Waals surface area contributed by atoms with Crippen molar-refractivity contribution < 1.29 is 27.0 Å². The van der Waals surface area contributed by atoms with E-state index in [9.17, 15) is 17.6 Å². The van der Waals surface area contributed by atoms with Gasteiger partial charge in [0.25, 0.3) is 0 Å². The third-order valence-corrected chi connectivity index (χ3v) is 5.07. The SMILES string of the molecule is C/C=C/CCC1CCC(CC(F)(F)OCc2ccc(OC(F)F)cc2)CC1. The molecular weight excluding hydrogens is 360 g/mol. The maximum Gasteiger partial charge on any atom is 0.387 e. The number of hydrogen-bond donors (Lipinski definition) is 0. The lowest BCUT2D eigenvalue weighted by Crippen LogP contribution is -2.27. The normalized spacial score (nSPS) is 21.1. The molecule has 1 aromatic carbocycles. The largest absolute Gasteiger partial charge is 0.435 e. The van der Waals surface area contributed by atoms with Crippen molar-refractivity contribution in [3.8, 4) is 5.75 Å². The summed E-state index contributed by atoms with van der Waals surface area (Å²) < 4.78 is 61.5. The van der Waals surface area contributed by atoms with E-state index in [1.807, 2.05) is 13.0 Å². The fraction of sp³-hybridized carbons (Fsp3) is 0.619. The molecule has 0 saturated heterocycles. The Hall–Kier alpha value is -1.56. The first-order valence-corrected chi connectivity index (χ1v) is 9.54. The molecule has 0 aliphatic heterocycles. The van der Waals surface area contributed by atoms with Crippen LogP contribution >= 0.6 is 0 Å². The zero-order valence-electron chi connectivity index (χ0n) is 15.7. The molecule has 1 fully saturated rings. The molecule has 152 valence electrons. The van der Waals surface area contributed by atoms with Gasteiger partial charge in [-0.1, -0.05) is 37.1 Å². The van der Waals surface area contributed by atoms with Crippen molar-refractivity contribution in [2.24, 2.45) is 11.8 Å². The van der Waals surface area contributed by atoms with Crippen LogP contribution in [0, 0.1) is 11.8 Å². The highest BCUT2D eigenvalue weighted by atomic mass is 19.3. The van der Waals surface area contributed by atoms with Crippen molar-refractivity contribution in [1.82, 2.24) is 0 Å². The van der Waals surface area contributed by atoms with Crippen molar-refractivity contribution in [2.75, 3.05) is 0 Å². The Morgan fingerprint density at radius 3 is 2.30 bits per heavy atom. The summed E-state index contributed by atoms with van der Waals surface area (Å²) in [5.41, 5.74) is 0.490. The van der Waals surface area contributed by atoms with Crippen LogP contribution in [0.25, 0.3) is 0 Å². The van der Waals surface area contributed by atoms with E-state index >= 15 is 0 Å². The van der Waals surface area contributed by atoms with Gasteiger partial charge in [-0.05, 0) is 62.1 Å². The number of allylic oxidation sites excluding steroid dienone is 2. The Morgan fingerprint density at radius 1 is 1.07 bits per heavy atom. The molecule has 1 aliphatic carbocycles. The van der Waals surface area contributed by atoms with Gasteiger partial charge in [0.05, 0.1) is 6.61 Å². The lowest BCUT2D eigenvalue weighted by Gasteiger charge is -2.30. The first-order chi connectivity index (χ1) is 12.9. The molecule has 0 radical (unpaired) electrons. The Morgan fingerprint density at radius 2 is 1.70 bits per heavy atom. The minimum absolute atomic E-state index is 0.00769. The van der Waals surface area contributed by atoms with Gasteiger partial charge in [0.1, 0.15) is 5.75 Å². The van der Waals surface area contributed by atoms with Crippen LogP contribution in [0.1, 0.15) is 57.4 Å². The quantitative estimate of drug-likeness (QED) is 0.319. The van der Waals surface area contributed by atoms with Crippen molar-refractivity contribution in [2.45, 2.75) is 71.2 Å². The average Bonchev–Trinajstić information content (AvgIpc) is 2.62. The molecule has 0 bridgehead atoms. The summed E-state index contributed by atoms with van der Waals surface area (Å²) in [5, 5.41) is 0. The zero-order chi connectivity index (χ0) is 19.7. The topological polar surface area (TPSA) is 18.5 Å². The lowest BCUT2D eigenvalue weighted by atomic mass is 9.78. The van der Waals surface area contributed by atoms with Gasteiger partial charge in [-0.25, -0.2) is 0 Å². The monoisotopic (exact) mass is 388 g/mol. The highest BCUT2D eigenvalue weighted by Gasteiger charge is 2.35. The van der Waals surface area contributed by atoms with Gasteiger partial charge in [0.2, 0.25) is 0 Å². The van der Waals surface area contributed by atoms with Crippen LogP contribution in [0.2, 0.25) is 0 Å². The summed E-state index contributed by atoms with van der Waals surface area (Å²) in [7, 11) is 0. The lowest BCUT2D eigenvalue weighted by molar-refractivity contribution is -0.256. The Balaban J connectivity index is 1.72. The number of alkyl halides is 4. The standard InChI is InChI=1S/C21H28F4O2/c1-2-3-4-5-16-6-8-17(9-7-16)14-21(24,25)26-15-18-10-12-19(13-11-18)27-20(22)23/h2-3,10-13,16-17,20H,4-9,14-15H2,1H3/b3-2+. The van der Waals surface area contributed by atoms with E-state index in [1.54, 1.807) is 0 Å². The maximum atomic E-state index is 14.1. The molecule has 0 amide bonds. The minimum Gasteiger partial charge on any atom is -0.435 e. The number of halogens is 4. The number of ether oxygens (including phenoxy) is 2. The van der Waals surface area contributed by atoms with Gasteiger partial charge >= 0.3 is 12.7 Å². The van der Waals surface area contributed by atoms with E-state index in [0.29, 0.717) is 11.5 Å². The molecule has 1 aliphatic rings. The summed E-state index contributed by atoms with van der Waals surface area (Å²) in [6, 6.07) is 5.53. The summed E-state index contributed by atoms with van der Waals surface area (Å²) >= 11 is 0. The number of rotatable bonds is 10. The third kappa shape index (κ3) is 8.33. The van der Waals surface area contributed by atoms with Crippen LogP contribution in [0.5, 0.6) is 5.75 Å². The molecule has 1 saturated carbocycles. The van der Waals surface area contributed by atoms with Gasteiger partial charge in [-0.15, -0.1) is 0 Å². The van der Waals surface area contributed by atoms with Crippen LogP contribution in [-0.2, 0) is 11.3 Å². The first kappa shape index (κ1) is 21.7. The van der Waals surface area contributed by atoms with Gasteiger partial charge in [-0.3, -0.25) is 0 Å². The van der Waals surface area contributed by atoms with E-state index in [4.69, 9.17) is 4.74 Å². The predicted molar refractivity (Wildman–Crippen MR) is 96.9 cm³/mol. The van der Waals surface area contributed by atoms with E-state index in [2.05, 4.69) is 10.8 Å². The highest BCUT2D eigenvalue weighted by Crippen LogP contribution is 2.38. The van der Waals surface area contributed by atoms with Crippen molar-refractivity contribution in [3.63, 3.8) is 0 Å². The van der Waals surface area contributed by atoms with Crippen LogP contribution < -0.4 is 4.74 Å². The second kappa shape index (κ2) is 10.7. The van der Waals surface area contributed by atoms with E-state index < -0.39 is 12.7 Å². The Labute approximate surface area is 158 Å². The number of benzene rings is 1.